The molecular formula is C19H22BrNO. The summed E-state index contributed by atoms with van der Waals surface area (Å²) in [5, 5.41) is 3.07. The summed E-state index contributed by atoms with van der Waals surface area (Å²) in [5.41, 5.74) is 2.47. The quantitative estimate of drug-likeness (QED) is 0.762. The molecule has 2 nitrogen and oxygen atoms in total. The SMILES string of the molecule is CCC(CNC(=O)CCc1cccc(Br)c1)c1ccccc1. The van der Waals surface area contributed by atoms with E-state index >= 15 is 0 Å². The van der Waals surface area contributed by atoms with Gasteiger partial charge in [-0.25, -0.2) is 0 Å². The maximum Gasteiger partial charge on any atom is 0.220 e. The van der Waals surface area contributed by atoms with Crippen LogP contribution >= 0.6 is 15.9 Å². The molecule has 1 N–H and O–H groups in total. The Bertz CT molecular complexity index is 597. The lowest BCUT2D eigenvalue weighted by molar-refractivity contribution is -0.121. The maximum absolute atomic E-state index is 12.0. The van der Waals surface area contributed by atoms with Crippen molar-refractivity contribution in [2.24, 2.45) is 0 Å². The van der Waals surface area contributed by atoms with E-state index in [1.54, 1.807) is 0 Å². The fraction of sp³-hybridized carbons (Fsp3) is 0.316. The van der Waals surface area contributed by atoms with Crippen molar-refractivity contribution < 1.29 is 4.79 Å². The van der Waals surface area contributed by atoms with Gasteiger partial charge < -0.3 is 5.32 Å². The van der Waals surface area contributed by atoms with Crippen molar-refractivity contribution in [3.63, 3.8) is 0 Å². The highest BCUT2D eigenvalue weighted by molar-refractivity contribution is 9.10. The number of hydrogen-bond acceptors (Lipinski definition) is 1. The van der Waals surface area contributed by atoms with Gasteiger partial charge in [0, 0.05) is 23.4 Å². The Hall–Kier alpha value is -1.61. The fourth-order valence-corrected chi connectivity index (χ4v) is 2.95. The standard InChI is InChI=1S/C19H22BrNO/c1-2-16(17-8-4-3-5-9-17)14-21-19(22)12-11-15-7-6-10-18(20)13-15/h3-10,13,16H,2,11-12,14H2,1H3,(H,21,22). The van der Waals surface area contributed by atoms with Crippen LogP contribution < -0.4 is 5.32 Å². The molecule has 2 rings (SSSR count). The molecule has 2 aromatic rings. The van der Waals surface area contributed by atoms with Crippen LogP contribution in [0.25, 0.3) is 0 Å². The average Bonchev–Trinajstić information content (AvgIpc) is 2.54. The Kier molecular flexibility index (Phi) is 6.66. The zero-order chi connectivity index (χ0) is 15.8. The van der Waals surface area contributed by atoms with Crippen LogP contribution in [0, 0.1) is 0 Å². The second kappa shape index (κ2) is 8.74. The number of aryl methyl sites for hydroxylation is 1. The van der Waals surface area contributed by atoms with Crippen molar-refractivity contribution in [3.8, 4) is 0 Å². The van der Waals surface area contributed by atoms with E-state index in [0.29, 0.717) is 18.9 Å². The van der Waals surface area contributed by atoms with Crippen LogP contribution in [0.5, 0.6) is 0 Å². The number of amides is 1. The molecule has 2 aromatic carbocycles. The van der Waals surface area contributed by atoms with Crippen molar-refractivity contribution in [1.29, 1.82) is 0 Å². The van der Waals surface area contributed by atoms with Crippen molar-refractivity contribution in [3.05, 3.63) is 70.2 Å². The van der Waals surface area contributed by atoms with Crippen molar-refractivity contribution in [2.75, 3.05) is 6.54 Å². The van der Waals surface area contributed by atoms with Gasteiger partial charge in [0.15, 0.2) is 0 Å². The third-order valence-electron chi connectivity index (χ3n) is 3.84. The molecule has 22 heavy (non-hydrogen) atoms. The smallest absolute Gasteiger partial charge is 0.220 e. The molecule has 0 saturated carbocycles. The van der Waals surface area contributed by atoms with Crippen molar-refractivity contribution in [2.45, 2.75) is 32.1 Å². The molecule has 0 aromatic heterocycles. The minimum atomic E-state index is 0.120. The summed E-state index contributed by atoms with van der Waals surface area (Å²) in [6.45, 7) is 2.86. The van der Waals surface area contributed by atoms with Gasteiger partial charge in [-0.1, -0.05) is 65.3 Å². The normalized spacial score (nSPS) is 11.9. The molecule has 0 aliphatic heterocycles. The number of hydrogen-bond donors (Lipinski definition) is 1. The number of halogens is 1. The summed E-state index contributed by atoms with van der Waals surface area (Å²) in [5.74, 6) is 0.505. The molecular weight excluding hydrogens is 338 g/mol. The summed E-state index contributed by atoms with van der Waals surface area (Å²) in [4.78, 5) is 12.0. The Morgan fingerprint density at radius 1 is 1.14 bits per heavy atom. The van der Waals surface area contributed by atoms with E-state index in [4.69, 9.17) is 0 Å². The Labute approximate surface area is 141 Å². The van der Waals surface area contributed by atoms with E-state index in [0.717, 1.165) is 17.3 Å². The number of benzene rings is 2. The molecule has 0 aliphatic rings. The van der Waals surface area contributed by atoms with Crippen LogP contribution in [-0.4, -0.2) is 12.5 Å². The first-order valence-corrected chi connectivity index (χ1v) is 8.54. The Morgan fingerprint density at radius 2 is 1.91 bits per heavy atom. The van der Waals surface area contributed by atoms with Crippen LogP contribution in [0.1, 0.15) is 36.8 Å². The molecule has 0 fully saturated rings. The molecule has 0 bridgehead atoms. The number of carbonyl (C=O) groups excluding carboxylic acids is 1. The van der Waals surface area contributed by atoms with Gasteiger partial charge in [-0.05, 0) is 36.1 Å². The van der Waals surface area contributed by atoms with Gasteiger partial charge in [-0.15, -0.1) is 0 Å². The molecule has 1 atom stereocenters. The summed E-state index contributed by atoms with van der Waals surface area (Å²) in [6, 6.07) is 18.5. The minimum Gasteiger partial charge on any atom is -0.355 e. The van der Waals surface area contributed by atoms with Crippen molar-refractivity contribution >= 4 is 21.8 Å². The first-order chi connectivity index (χ1) is 10.7. The second-order valence-corrected chi connectivity index (χ2v) is 6.37. The van der Waals surface area contributed by atoms with Gasteiger partial charge >= 0.3 is 0 Å². The Balaban J connectivity index is 1.79. The fourth-order valence-electron chi connectivity index (χ4n) is 2.50. The number of carbonyl (C=O) groups is 1. The van der Waals surface area contributed by atoms with Crippen LogP contribution in [0.4, 0.5) is 0 Å². The van der Waals surface area contributed by atoms with Gasteiger partial charge in [0.1, 0.15) is 0 Å². The molecule has 3 heteroatoms. The summed E-state index contributed by atoms with van der Waals surface area (Å²) in [6.07, 6.45) is 2.32. The lowest BCUT2D eigenvalue weighted by atomic mass is 9.96. The van der Waals surface area contributed by atoms with Gasteiger partial charge in [-0.3, -0.25) is 4.79 Å². The van der Waals surface area contributed by atoms with Gasteiger partial charge in [0.2, 0.25) is 5.91 Å². The third-order valence-corrected chi connectivity index (χ3v) is 4.33. The predicted octanol–water partition coefficient (Wildman–Crippen LogP) is 4.69. The second-order valence-electron chi connectivity index (χ2n) is 5.45. The summed E-state index contributed by atoms with van der Waals surface area (Å²) >= 11 is 3.45. The monoisotopic (exact) mass is 359 g/mol. The summed E-state index contributed by atoms with van der Waals surface area (Å²) in [7, 11) is 0. The van der Waals surface area contributed by atoms with E-state index < -0.39 is 0 Å². The highest BCUT2D eigenvalue weighted by Gasteiger charge is 2.10. The molecule has 116 valence electrons. The highest BCUT2D eigenvalue weighted by Crippen LogP contribution is 2.18. The zero-order valence-corrected chi connectivity index (χ0v) is 14.5. The molecule has 0 spiro atoms. The highest BCUT2D eigenvalue weighted by atomic mass is 79.9. The minimum absolute atomic E-state index is 0.120. The number of nitrogens with one attached hydrogen (secondary N) is 1. The molecule has 0 heterocycles. The average molecular weight is 360 g/mol. The topological polar surface area (TPSA) is 29.1 Å². The lowest BCUT2D eigenvalue weighted by Gasteiger charge is -2.16. The lowest BCUT2D eigenvalue weighted by Crippen LogP contribution is -2.28. The van der Waals surface area contributed by atoms with Gasteiger partial charge in [-0.2, -0.15) is 0 Å². The molecule has 1 amide bonds. The van der Waals surface area contributed by atoms with Gasteiger partial charge in [0.05, 0.1) is 0 Å². The van der Waals surface area contributed by atoms with Crippen LogP contribution in [-0.2, 0) is 11.2 Å². The molecule has 0 radical (unpaired) electrons. The maximum atomic E-state index is 12.0. The third kappa shape index (κ3) is 5.30. The van der Waals surface area contributed by atoms with Crippen LogP contribution in [0.3, 0.4) is 0 Å². The van der Waals surface area contributed by atoms with E-state index in [-0.39, 0.29) is 5.91 Å². The van der Waals surface area contributed by atoms with E-state index in [9.17, 15) is 4.79 Å². The zero-order valence-electron chi connectivity index (χ0n) is 12.9. The van der Waals surface area contributed by atoms with Crippen LogP contribution in [0.2, 0.25) is 0 Å². The van der Waals surface area contributed by atoms with E-state index in [2.05, 4.69) is 52.4 Å². The first kappa shape index (κ1) is 16.8. The van der Waals surface area contributed by atoms with E-state index in [1.807, 2.05) is 30.3 Å². The van der Waals surface area contributed by atoms with Crippen LogP contribution in [0.15, 0.2) is 59.1 Å². The molecule has 0 saturated heterocycles. The van der Waals surface area contributed by atoms with Crippen molar-refractivity contribution in [1.82, 2.24) is 5.32 Å². The Morgan fingerprint density at radius 3 is 2.59 bits per heavy atom. The largest absolute Gasteiger partial charge is 0.355 e. The molecule has 0 aliphatic carbocycles. The number of rotatable bonds is 7. The van der Waals surface area contributed by atoms with E-state index in [1.165, 1.54) is 11.1 Å². The summed E-state index contributed by atoms with van der Waals surface area (Å²) < 4.78 is 1.06. The van der Waals surface area contributed by atoms with Gasteiger partial charge in [0.25, 0.3) is 0 Å². The first-order valence-electron chi connectivity index (χ1n) is 7.75. The predicted molar refractivity (Wildman–Crippen MR) is 94.9 cm³/mol. The molecule has 1 unspecified atom stereocenters.